The smallest absolute Gasteiger partial charge is 0.306 e. The van der Waals surface area contributed by atoms with Gasteiger partial charge in [0.2, 0.25) is 5.91 Å². The second kappa shape index (κ2) is 11.1. The Kier molecular flexibility index (Phi) is 8.59. The maximum Gasteiger partial charge on any atom is 0.306 e. The standard InChI is InChI=1S/C24H30N2O4/c1-24(2,3)26-23(29)19-13-7-8-14-20(19)25-21(27)15-16-22(28)30-17-9-12-18-10-5-4-6-11-18/h4-8,10-11,13-14H,9,12,15-17H2,1-3H3,(H,25,27)(H,26,29). The molecule has 6 nitrogen and oxygen atoms in total. The minimum absolute atomic E-state index is 0.00642. The van der Waals surface area contributed by atoms with Crippen molar-refractivity contribution in [2.45, 2.75) is 52.0 Å². The number of amides is 2. The summed E-state index contributed by atoms with van der Waals surface area (Å²) < 4.78 is 5.20. The highest BCUT2D eigenvalue weighted by molar-refractivity contribution is 6.04. The molecular formula is C24H30N2O4. The Morgan fingerprint density at radius 3 is 2.27 bits per heavy atom. The fourth-order valence-corrected chi connectivity index (χ4v) is 2.81. The SMILES string of the molecule is CC(C)(C)NC(=O)c1ccccc1NC(=O)CCC(=O)OCCCc1ccccc1. The van der Waals surface area contributed by atoms with Gasteiger partial charge in [0.25, 0.3) is 5.91 Å². The first-order valence-electron chi connectivity index (χ1n) is 10.2. The number of rotatable bonds is 9. The molecule has 160 valence electrons. The van der Waals surface area contributed by atoms with Crippen molar-refractivity contribution in [3.63, 3.8) is 0 Å². The van der Waals surface area contributed by atoms with Crippen molar-refractivity contribution < 1.29 is 19.1 Å². The van der Waals surface area contributed by atoms with Gasteiger partial charge in [-0.05, 0) is 51.3 Å². The van der Waals surface area contributed by atoms with E-state index >= 15 is 0 Å². The molecule has 0 aliphatic heterocycles. The lowest BCUT2D eigenvalue weighted by Crippen LogP contribution is -2.40. The molecule has 0 spiro atoms. The minimum Gasteiger partial charge on any atom is -0.466 e. The molecule has 6 heteroatoms. The number of aryl methyl sites for hydroxylation is 1. The lowest BCUT2D eigenvalue weighted by molar-refractivity contribution is -0.144. The Hall–Kier alpha value is -3.15. The van der Waals surface area contributed by atoms with Crippen LogP contribution in [0.5, 0.6) is 0 Å². The molecule has 2 rings (SSSR count). The first kappa shape index (κ1) is 23.1. The lowest BCUT2D eigenvalue weighted by atomic mass is 10.1. The van der Waals surface area contributed by atoms with Gasteiger partial charge in [-0.2, -0.15) is 0 Å². The molecule has 0 bridgehead atoms. The van der Waals surface area contributed by atoms with Crippen molar-refractivity contribution in [3.8, 4) is 0 Å². The molecule has 0 heterocycles. The number of esters is 1. The van der Waals surface area contributed by atoms with Gasteiger partial charge in [0.05, 0.1) is 24.3 Å². The Balaban J connectivity index is 1.75. The fraction of sp³-hybridized carbons (Fsp3) is 0.375. The molecular weight excluding hydrogens is 380 g/mol. The molecule has 0 aliphatic rings. The van der Waals surface area contributed by atoms with Crippen LogP contribution in [0.2, 0.25) is 0 Å². The van der Waals surface area contributed by atoms with Crippen LogP contribution in [0.4, 0.5) is 5.69 Å². The number of carbonyl (C=O) groups excluding carboxylic acids is 3. The molecule has 0 saturated carbocycles. The molecule has 2 aromatic carbocycles. The minimum atomic E-state index is -0.406. The Labute approximate surface area is 178 Å². The highest BCUT2D eigenvalue weighted by Crippen LogP contribution is 2.17. The molecule has 0 aliphatic carbocycles. The normalized spacial score (nSPS) is 10.9. The van der Waals surface area contributed by atoms with Gasteiger partial charge < -0.3 is 15.4 Å². The highest BCUT2D eigenvalue weighted by Gasteiger charge is 2.19. The molecule has 0 radical (unpaired) electrons. The summed E-state index contributed by atoms with van der Waals surface area (Å²) in [5.74, 6) is -1.01. The quantitative estimate of drug-likeness (QED) is 0.481. The highest BCUT2D eigenvalue weighted by atomic mass is 16.5. The second-order valence-electron chi connectivity index (χ2n) is 8.11. The predicted octanol–water partition coefficient (Wildman–Crippen LogP) is 4.11. The van der Waals surface area contributed by atoms with E-state index in [1.54, 1.807) is 24.3 Å². The lowest BCUT2D eigenvalue weighted by Gasteiger charge is -2.21. The first-order valence-corrected chi connectivity index (χ1v) is 10.2. The van der Waals surface area contributed by atoms with Gasteiger partial charge >= 0.3 is 5.97 Å². The molecule has 2 amide bonds. The summed E-state index contributed by atoms with van der Waals surface area (Å²) in [5, 5.41) is 5.59. The molecule has 30 heavy (non-hydrogen) atoms. The van der Waals surface area contributed by atoms with Gasteiger partial charge in [0, 0.05) is 12.0 Å². The summed E-state index contributed by atoms with van der Waals surface area (Å²) in [6.07, 6.45) is 1.56. The number of anilines is 1. The van der Waals surface area contributed by atoms with Crippen LogP contribution in [0.1, 0.15) is 56.0 Å². The molecule has 2 aromatic rings. The van der Waals surface area contributed by atoms with E-state index in [1.807, 2.05) is 51.1 Å². The van der Waals surface area contributed by atoms with E-state index in [2.05, 4.69) is 10.6 Å². The van der Waals surface area contributed by atoms with Crippen LogP contribution in [-0.2, 0) is 20.7 Å². The second-order valence-corrected chi connectivity index (χ2v) is 8.11. The van der Waals surface area contributed by atoms with E-state index in [9.17, 15) is 14.4 Å². The van der Waals surface area contributed by atoms with Crippen LogP contribution in [0.3, 0.4) is 0 Å². The third-order valence-corrected chi connectivity index (χ3v) is 4.21. The molecule has 0 fully saturated rings. The van der Waals surface area contributed by atoms with Crippen molar-refractivity contribution >= 4 is 23.5 Å². The average Bonchev–Trinajstić information content (AvgIpc) is 2.69. The number of para-hydroxylation sites is 1. The van der Waals surface area contributed by atoms with E-state index in [1.165, 1.54) is 5.56 Å². The number of nitrogens with one attached hydrogen (secondary N) is 2. The maximum atomic E-state index is 12.4. The van der Waals surface area contributed by atoms with Crippen LogP contribution < -0.4 is 10.6 Å². The third-order valence-electron chi connectivity index (χ3n) is 4.21. The number of hydrogen-bond acceptors (Lipinski definition) is 4. The predicted molar refractivity (Wildman–Crippen MR) is 117 cm³/mol. The van der Waals surface area contributed by atoms with Crippen LogP contribution in [0.25, 0.3) is 0 Å². The Morgan fingerprint density at radius 2 is 1.57 bits per heavy atom. The molecule has 0 aromatic heterocycles. The number of hydrogen-bond donors (Lipinski definition) is 2. The first-order chi connectivity index (χ1) is 14.2. The topological polar surface area (TPSA) is 84.5 Å². The zero-order valence-corrected chi connectivity index (χ0v) is 17.9. The third kappa shape index (κ3) is 8.47. The molecule has 0 unspecified atom stereocenters. The van der Waals surface area contributed by atoms with E-state index in [0.717, 1.165) is 12.8 Å². The number of ether oxygens (including phenoxy) is 1. The summed E-state index contributed by atoms with van der Waals surface area (Å²) in [4.78, 5) is 36.6. The van der Waals surface area contributed by atoms with Crippen LogP contribution in [0, 0.1) is 0 Å². The van der Waals surface area contributed by atoms with E-state index in [-0.39, 0.29) is 24.7 Å². The Bertz CT molecular complexity index is 857. The summed E-state index contributed by atoms with van der Waals surface area (Å²) in [7, 11) is 0. The van der Waals surface area contributed by atoms with Crippen LogP contribution in [0.15, 0.2) is 54.6 Å². The summed E-state index contributed by atoms with van der Waals surface area (Å²) in [5.41, 5.74) is 1.60. The van der Waals surface area contributed by atoms with Crippen LogP contribution >= 0.6 is 0 Å². The summed E-state index contributed by atoms with van der Waals surface area (Å²) in [6.45, 7) is 5.98. The molecule has 0 saturated heterocycles. The van der Waals surface area contributed by atoms with Gasteiger partial charge in [-0.3, -0.25) is 14.4 Å². The average molecular weight is 411 g/mol. The van der Waals surface area contributed by atoms with Gasteiger partial charge in [0.1, 0.15) is 0 Å². The fourth-order valence-electron chi connectivity index (χ4n) is 2.81. The summed E-state index contributed by atoms with van der Waals surface area (Å²) >= 11 is 0. The van der Waals surface area contributed by atoms with E-state index in [0.29, 0.717) is 17.9 Å². The van der Waals surface area contributed by atoms with Crippen molar-refractivity contribution in [1.82, 2.24) is 5.32 Å². The number of carbonyl (C=O) groups is 3. The van der Waals surface area contributed by atoms with E-state index in [4.69, 9.17) is 4.74 Å². The summed E-state index contributed by atoms with van der Waals surface area (Å²) in [6, 6.07) is 16.8. The molecule has 2 N–H and O–H groups in total. The zero-order valence-electron chi connectivity index (χ0n) is 17.9. The van der Waals surface area contributed by atoms with Crippen molar-refractivity contribution in [2.24, 2.45) is 0 Å². The monoisotopic (exact) mass is 410 g/mol. The van der Waals surface area contributed by atoms with Crippen molar-refractivity contribution in [3.05, 3.63) is 65.7 Å². The molecule has 0 atom stereocenters. The van der Waals surface area contributed by atoms with E-state index < -0.39 is 11.5 Å². The maximum absolute atomic E-state index is 12.4. The van der Waals surface area contributed by atoms with Gasteiger partial charge in [-0.15, -0.1) is 0 Å². The number of benzene rings is 2. The van der Waals surface area contributed by atoms with Gasteiger partial charge in [-0.1, -0.05) is 42.5 Å². The van der Waals surface area contributed by atoms with Gasteiger partial charge in [0.15, 0.2) is 0 Å². The van der Waals surface area contributed by atoms with Gasteiger partial charge in [-0.25, -0.2) is 0 Å². The zero-order chi connectivity index (χ0) is 22.0. The van der Waals surface area contributed by atoms with Crippen LogP contribution in [-0.4, -0.2) is 29.9 Å². The van der Waals surface area contributed by atoms with Crippen molar-refractivity contribution in [2.75, 3.05) is 11.9 Å². The Morgan fingerprint density at radius 1 is 0.900 bits per heavy atom. The largest absolute Gasteiger partial charge is 0.466 e. The van der Waals surface area contributed by atoms with Crippen molar-refractivity contribution in [1.29, 1.82) is 0 Å².